The maximum Gasteiger partial charge on any atom is 0.220 e. The average Bonchev–Trinajstić information content (AvgIpc) is 2.61. The molecular weight excluding hydrogens is 429 g/mol. The summed E-state index contributed by atoms with van der Waals surface area (Å²) in [6.45, 7) is 13.6. The van der Waals surface area contributed by atoms with Crippen molar-refractivity contribution >= 4 is 35.8 Å². The highest BCUT2D eigenvalue weighted by atomic mass is 127. The van der Waals surface area contributed by atoms with Crippen LogP contribution in [0.4, 0.5) is 0 Å². The molecule has 0 aromatic heterocycles. The molecule has 0 unspecified atom stereocenters. The highest BCUT2D eigenvalue weighted by molar-refractivity contribution is 14.0. The van der Waals surface area contributed by atoms with E-state index in [9.17, 15) is 4.79 Å². The molecule has 0 aromatic rings. The molecule has 1 rings (SSSR count). The second-order valence-electron chi connectivity index (χ2n) is 6.42. The van der Waals surface area contributed by atoms with Crippen molar-refractivity contribution in [3.05, 3.63) is 0 Å². The van der Waals surface area contributed by atoms with E-state index in [-0.39, 0.29) is 29.9 Å². The Morgan fingerprint density at radius 2 is 1.84 bits per heavy atom. The topological polar surface area (TPSA) is 60.0 Å². The molecule has 7 heteroatoms. The van der Waals surface area contributed by atoms with Crippen molar-refractivity contribution in [2.75, 3.05) is 52.9 Å². The summed E-state index contributed by atoms with van der Waals surface area (Å²) in [5, 5.41) is 6.15. The van der Waals surface area contributed by atoms with E-state index >= 15 is 0 Å². The average molecular weight is 467 g/mol. The molecule has 6 nitrogen and oxygen atoms in total. The smallest absolute Gasteiger partial charge is 0.220 e. The fourth-order valence-corrected chi connectivity index (χ4v) is 3.16. The van der Waals surface area contributed by atoms with Crippen LogP contribution >= 0.6 is 24.0 Å². The minimum absolute atomic E-state index is 0. The van der Waals surface area contributed by atoms with Crippen molar-refractivity contribution in [2.24, 2.45) is 10.9 Å². The van der Waals surface area contributed by atoms with Crippen molar-refractivity contribution in [3.63, 3.8) is 0 Å². The third-order valence-electron chi connectivity index (χ3n) is 4.79. The molecule has 1 aliphatic rings. The third kappa shape index (κ3) is 9.63. The number of guanidine groups is 1. The van der Waals surface area contributed by atoms with Crippen LogP contribution in [0, 0.1) is 5.92 Å². The van der Waals surface area contributed by atoms with Crippen LogP contribution in [0.2, 0.25) is 0 Å². The molecule has 0 aromatic carbocycles. The van der Waals surface area contributed by atoms with Crippen molar-refractivity contribution in [1.82, 2.24) is 20.4 Å². The van der Waals surface area contributed by atoms with Gasteiger partial charge in [0.1, 0.15) is 0 Å². The number of hydrogen-bond donors (Lipinski definition) is 2. The van der Waals surface area contributed by atoms with Gasteiger partial charge in [-0.15, -0.1) is 24.0 Å². The minimum atomic E-state index is 0. The summed E-state index contributed by atoms with van der Waals surface area (Å²) in [7, 11) is 1.71. The molecule has 1 heterocycles. The Morgan fingerprint density at radius 1 is 1.20 bits per heavy atom. The summed E-state index contributed by atoms with van der Waals surface area (Å²) in [5.74, 6) is 1.70. The Bertz CT molecular complexity index is 380. The molecule has 1 amide bonds. The van der Waals surface area contributed by atoms with Crippen molar-refractivity contribution in [3.8, 4) is 0 Å². The zero-order valence-corrected chi connectivity index (χ0v) is 18.8. The van der Waals surface area contributed by atoms with Gasteiger partial charge in [0.05, 0.1) is 0 Å². The Labute approximate surface area is 171 Å². The first-order chi connectivity index (χ1) is 11.6. The second kappa shape index (κ2) is 14.6. The van der Waals surface area contributed by atoms with Gasteiger partial charge in [-0.25, -0.2) is 0 Å². The number of carbonyl (C=O) groups is 1. The molecule has 0 saturated carbocycles. The van der Waals surface area contributed by atoms with Crippen LogP contribution in [0.15, 0.2) is 4.99 Å². The maximum absolute atomic E-state index is 11.5. The van der Waals surface area contributed by atoms with E-state index in [0.717, 1.165) is 71.0 Å². The predicted molar refractivity (Wildman–Crippen MR) is 117 cm³/mol. The molecule has 0 spiro atoms. The van der Waals surface area contributed by atoms with Gasteiger partial charge in [0.25, 0.3) is 0 Å². The number of aliphatic imine (C=N–C) groups is 1. The lowest BCUT2D eigenvalue weighted by atomic mass is 9.93. The van der Waals surface area contributed by atoms with Gasteiger partial charge in [0.15, 0.2) is 5.96 Å². The van der Waals surface area contributed by atoms with Gasteiger partial charge in [0, 0.05) is 39.6 Å². The fraction of sp³-hybridized carbons (Fsp3) is 0.889. The third-order valence-corrected chi connectivity index (χ3v) is 4.79. The van der Waals surface area contributed by atoms with Crippen LogP contribution in [0.5, 0.6) is 0 Å². The Kier molecular flexibility index (Phi) is 14.3. The van der Waals surface area contributed by atoms with Gasteiger partial charge in [0.2, 0.25) is 5.91 Å². The minimum Gasteiger partial charge on any atom is -0.359 e. The van der Waals surface area contributed by atoms with E-state index in [1.807, 2.05) is 0 Å². The number of nitrogens with zero attached hydrogens (tertiary/aromatic N) is 3. The summed E-state index contributed by atoms with van der Waals surface area (Å²) in [5.41, 5.74) is 0. The monoisotopic (exact) mass is 467 g/mol. The van der Waals surface area contributed by atoms with Gasteiger partial charge in [-0.3, -0.25) is 9.79 Å². The Balaban J connectivity index is 0.00000576. The number of likely N-dealkylation sites (tertiary alicyclic amines) is 1. The van der Waals surface area contributed by atoms with E-state index in [1.54, 1.807) is 7.05 Å². The number of carbonyl (C=O) groups excluding carboxylic acids is 1. The van der Waals surface area contributed by atoms with Crippen LogP contribution in [-0.4, -0.2) is 74.5 Å². The first-order valence-corrected chi connectivity index (χ1v) is 9.60. The van der Waals surface area contributed by atoms with E-state index in [2.05, 4.69) is 41.2 Å². The molecular formula is C18H38IN5O. The lowest BCUT2D eigenvalue weighted by Gasteiger charge is -2.34. The quantitative estimate of drug-likeness (QED) is 0.236. The molecule has 2 N–H and O–H groups in total. The number of nitrogens with one attached hydrogen (secondary N) is 2. The fourth-order valence-electron chi connectivity index (χ4n) is 3.16. The lowest BCUT2D eigenvalue weighted by Crippen LogP contribution is -2.46. The number of rotatable bonds is 9. The Hall–Kier alpha value is -0.570. The largest absolute Gasteiger partial charge is 0.359 e. The van der Waals surface area contributed by atoms with E-state index in [4.69, 9.17) is 4.99 Å². The number of piperidine rings is 1. The van der Waals surface area contributed by atoms with Crippen LogP contribution in [0.3, 0.4) is 0 Å². The van der Waals surface area contributed by atoms with E-state index in [0.29, 0.717) is 12.3 Å². The highest BCUT2D eigenvalue weighted by Crippen LogP contribution is 2.20. The van der Waals surface area contributed by atoms with Gasteiger partial charge in [-0.2, -0.15) is 0 Å². The van der Waals surface area contributed by atoms with Crippen molar-refractivity contribution in [1.29, 1.82) is 0 Å². The molecule has 1 saturated heterocycles. The molecule has 1 fully saturated rings. The SMILES string of the molecule is CCNC(=NCCCN(CC)CC)N1CCC(CC(=O)NC)CC1.I. The van der Waals surface area contributed by atoms with Crippen LogP contribution < -0.4 is 10.6 Å². The van der Waals surface area contributed by atoms with E-state index < -0.39 is 0 Å². The molecule has 1 aliphatic heterocycles. The molecule has 25 heavy (non-hydrogen) atoms. The van der Waals surface area contributed by atoms with Crippen molar-refractivity contribution in [2.45, 2.75) is 46.5 Å². The molecule has 148 valence electrons. The molecule has 0 bridgehead atoms. The first-order valence-electron chi connectivity index (χ1n) is 9.60. The zero-order chi connectivity index (χ0) is 17.8. The molecule has 0 aliphatic carbocycles. The van der Waals surface area contributed by atoms with Gasteiger partial charge in [-0.05, 0) is 51.7 Å². The second-order valence-corrected chi connectivity index (χ2v) is 6.42. The summed E-state index contributed by atoms with van der Waals surface area (Å²) >= 11 is 0. The Morgan fingerprint density at radius 3 is 2.36 bits per heavy atom. The normalized spacial score (nSPS) is 15.9. The molecule has 0 radical (unpaired) electrons. The van der Waals surface area contributed by atoms with Gasteiger partial charge >= 0.3 is 0 Å². The van der Waals surface area contributed by atoms with Gasteiger partial charge < -0.3 is 20.4 Å². The summed E-state index contributed by atoms with van der Waals surface area (Å²) in [4.78, 5) is 21.1. The van der Waals surface area contributed by atoms with E-state index in [1.165, 1.54) is 0 Å². The van der Waals surface area contributed by atoms with Gasteiger partial charge in [-0.1, -0.05) is 13.8 Å². The van der Waals surface area contributed by atoms with Crippen molar-refractivity contribution < 1.29 is 4.79 Å². The predicted octanol–water partition coefficient (Wildman–Crippen LogP) is 2.15. The first kappa shape index (κ1) is 24.4. The van der Waals surface area contributed by atoms with Crippen LogP contribution in [-0.2, 0) is 4.79 Å². The highest BCUT2D eigenvalue weighted by Gasteiger charge is 2.22. The standard InChI is InChI=1S/C18H37N5O.HI/c1-5-20-18(21-11-8-12-22(6-2)7-3)23-13-9-16(10-14-23)15-17(24)19-4;/h16H,5-15H2,1-4H3,(H,19,24)(H,20,21);1H. The lowest BCUT2D eigenvalue weighted by molar-refractivity contribution is -0.121. The van der Waals surface area contributed by atoms with Crippen LogP contribution in [0.1, 0.15) is 46.5 Å². The number of amides is 1. The zero-order valence-electron chi connectivity index (χ0n) is 16.5. The number of halogens is 1. The summed E-state index contributed by atoms with van der Waals surface area (Å²) in [6.07, 6.45) is 3.89. The van der Waals surface area contributed by atoms with Crippen LogP contribution in [0.25, 0.3) is 0 Å². The maximum atomic E-state index is 11.5. The summed E-state index contributed by atoms with van der Waals surface area (Å²) in [6, 6.07) is 0. The summed E-state index contributed by atoms with van der Waals surface area (Å²) < 4.78 is 0. The molecule has 0 atom stereocenters. The number of hydrogen-bond acceptors (Lipinski definition) is 3.